The fourth-order valence-corrected chi connectivity index (χ4v) is 5.44. The minimum atomic E-state index is -3.72. The second-order valence-corrected chi connectivity index (χ2v) is 9.24. The summed E-state index contributed by atoms with van der Waals surface area (Å²) >= 11 is 3.49. The Hall–Kier alpha value is -2.35. The maximum absolute atomic E-state index is 13.5. The van der Waals surface area contributed by atoms with Gasteiger partial charge in [-0.1, -0.05) is 58.4 Å². The van der Waals surface area contributed by atoms with Gasteiger partial charge in [-0.3, -0.25) is 0 Å². The number of benzene rings is 3. The van der Waals surface area contributed by atoms with Gasteiger partial charge >= 0.3 is 0 Å². The van der Waals surface area contributed by atoms with E-state index in [1.54, 1.807) is 25.3 Å². The van der Waals surface area contributed by atoms with Crippen LogP contribution in [-0.2, 0) is 16.6 Å². The zero-order valence-electron chi connectivity index (χ0n) is 15.2. The molecule has 5 nitrogen and oxygen atoms in total. The maximum Gasteiger partial charge on any atom is 0.247 e. The molecule has 1 N–H and O–H groups in total. The van der Waals surface area contributed by atoms with Crippen molar-refractivity contribution in [3.63, 3.8) is 0 Å². The molecule has 4 rings (SSSR count). The van der Waals surface area contributed by atoms with Gasteiger partial charge < -0.3 is 10.1 Å². The lowest BCUT2D eigenvalue weighted by Gasteiger charge is -2.38. The first-order valence-corrected chi connectivity index (χ1v) is 11.0. The summed E-state index contributed by atoms with van der Waals surface area (Å²) in [4.78, 5) is 0.274. The molecular formula is C21H19BrN2O3S. The van der Waals surface area contributed by atoms with Crippen LogP contribution >= 0.6 is 15.9 Å². The van der Waals surface area contributed by atoms with Gasteiger partial charge in [0.25, 0.3) is 0 Å². The number of nitrogens with zero attached hydrogens (tertiary/aromatic N) is 1. The Bertz CT molecular complexity index is 1100. The highest BCUT2D eigenvalue weighted by Crippen LogP contribution is 2.42. The van der Waals surface area contributed by atoms with Crippen LogP contribution in [0.4, 0.5) is 5.69 Å². The highest BCUT2D eigenvalue weighted by atomic mass is 79.9. The fraction of sp³-hybridized carbons (Fsp3) is 0.143. The molecule has 0 aliphatic carbocycles. The number of fused-ring (bicyclic) bond motifs is 1. The van der Waals surface area contributed by atoms with E-state index in [1.165, 1.54) is 4.31 Å². The number of methoxy groups -OCH3 is 1. The number of para-hydroxylation sites is 1. The summed E-state index contributed by atoms with van der Waals surface area (Å²) in [6.07, 6.45) is -0.604. The lowest BCUT2D eigenvalue weighted by Crippen LogP contribution is -2.42. The lowest BCUT2D eigenvalue weighted by molar-refractivity contribution is 0.323. The first kappa shape index (κ1) is 19.0. The maximum atomic E-state index is 13.5. The van der Waals surface area contributed by atoms with Crippen molar-refractivity contribution in [1.82, 2.24) is 4.31 Å². The molecule has 0 bridgehead atoms. The number of sulfonamides is 1. The van der Waals surface area contributed by atoms with E-state index in [-0.39, 0.29) is 11.4 Å². The van der Waals surface area contributed by atoms with E-state index in [4.69, 9.17) is 4.74 Å². The zero-order chi connectivity index (χ0) is 19.7. The summed E-state index contributed by atoms with van der Waals surface area (Å²) < 4.78 is 34.9. The third-order valence-electron chi connectivity index (χ3n) is 4.72. The molecule has 1 atom stereocenters. The summed E-state index contributed by atoms with van der Waals surface area (Å²) in [5.74, 6) is 0.619. The standard InChI is InChI=1S/C21H19BrN2O3S/c1-27-19-12-11-16(22)13-17(19)21-23-18-9-5-6-10-20(18)28(25,26)24(21)14-15-7-3-2-4-8-15/h2-13,21,23H,14H2,1H3. The third-order valence-corrected chi connectivity index (χ3v) is 7.08. The Morgan fingerprint density at radius 3 is 2.50 bits per heavy atom. The minimum Gasteiger partial charge on any atom is -0.496 e. The van der Waals surface area contributed by atoms with Crippen LogP contribution in [0, 0.1) is 0 Å². The predicted octanol–water partition coefficient (Wildman–Crippen LogP) is 4.77. The lowest BCUT2D eigenvalue weighted by atomic mass is 10.1. The molecule has 0 fully saturated rings. The molecule has 1 aliphatic rings. The van der Waals surface area contributed by atoms with Gasteiger partial charge in [0.2, 0.25) is 10.0 Å². The SMILES string of the molecule is COc1ccc(Br)cc1C1Nc2ccccc2S(=O)(=O)N1Cc1ccccc1. The average molecular weight is 459 g/mol. The van der Waals surface area contributed by atoms with Crippen LogP contribution in [0.2, 0.25) is 0 Å². The average Bonchev–Trinajstić information content (AvgIpc) is 2.71. The van der Waals surface area contributed by atoms with Gasteiger partial charge in [-0.15, -0.1) is 0 Å². The van der Waals surface area contributed by atoms with E-state index < -0.39 is 16.2 Å². The van der Waals surface area contributed by atoms with Gasteiger partial charge in [0.15, 0.2) is 0 Å². The first-order chi connectivity index (χ1) is 13.5. The van der Waals surface area contributed by atoms with Crippen molar-refractivity contribution in [3.8, 4) is 5.75 Å². The van der Waals surface area contributed by atoms with Gasteiger partial charge in [0.1, 0.15) is 16.8 Å². The van der Waals surface area contributed by atoms with Crippen LogP contribution in [0.3, 0.4) is 0 Å². The van der Waals surface area contributed by atoms with Gasteiger partial charge in [0.05, 0.1) is 12.8 Å². The van der Waals surface area contributed by atoms with Crippen molar-refractivity contribution in [2.45, 2.75) is 17.6 Å². The van der Waals surface area contributed by atoms with Crippen molar-refractivity contribution in [2.24, 2.45) is 0 Å². The van der Waals surface area contributed by atoms with Crippen LogP contribution in [-0.4, -0.2) is 19.8 Å². The fourth-order valence-electron chi connectivity index (χ4n) is 3.39. The summed E-state index contributed by atoms with van der Waals surface area (Å²) in [7, 11) is -2.13. The molecule has 0 amide bonds. The van der Waals surface area contributed by atoms with Crippen LogP contribution in [0.15, 0.2) is 82.2 Å². The summed E-state index contributed by atoms with van der Waals surface area (Å²) in [6, 6.07) is 22.1. The topological polar surface area (TPSA) is 58.6 Å². The number of rotatable bonds is 4. The minimum absolute atomic E-state index is 0.241. The number of halogens is 1. The Kier molecular flexibility index (Phi) is 5.14. The number of hydrogen-bond acceptors (Lipinski definition) is 4. The normalized spacial score (nSPS) is 18.1. The van der Waals surface area contributed by atoms with Crippen LogP contribution in [0.1, 0.15) is 17.3 Å². The number of nitrogens with one attached hydrogen (secondary N) is 1. The van der Waals surface area contributed by atoms with Crippen molar-refractivity contribution in [3.05, 3.63) is 88.4 Å². The molecule has 0 spiro atoms. The molecule has 0 aromatic heterocycles. The van der Waals surface area contributed by atoms with Crippen molar-refractivity contribution in [1.29, 1.82) is 0 Å². The molecule has 1 aliphatic heterocycles. The highest BCUT2D eigenvalue weighted by Gasteiger charge is 2.40. The monoisotopic (exact) mass is 458 g/mol. The molecule has 1 unspecified atom stereocenters. The number of hydrogen-bond donors (Lipinski definition) is 1. The molecule has 0 radical (unpaired) electrons. The molecule has 3 aromatic carbocycles. The molecule has 3 aromatic rings. The second kappa shape index (κ2) is 7.58. The Balaban J connectivity index is 1.89. The Labute approximate surface area is 173 Å². The molecule has 1 heterocycles. The molecule has 0 saturated carbocycles. The second-order valence-electron chi connectivity index (χ2n) is 6.47. The van der Waals surface area contributed by atoms with Gasteiger partial charge in [-0.2, -0.15) is 4.31 Å². The number of ether oxygens (including phenoxy) is 1. The predicted molar refractivity (Wildman–Crippen MR) is 113 cm³/mol. The zero-order valence-corrected chi connectivity index (χ0v) is 17.6. The smallest absolute Gasteiger partial charge is 0.247 e. The van der Waals surface area contributed by atoms with Crippen LogP contribution in [0.25, 0.3) is 0 Å². The van der Waals surface area contributed by atoms with Gasteiger partial charge in [0, 0.05) is 16.6 Å². The van der Waals surface area contributed by atoms with Gasteiger partial charge in [-0.25, -0.2) is 8.42 Å². The van der Waals surface area contributed by atoms with E-state index in [1.807, 2.05) is 54.6 Å². The van der Waals surface area contributed by atoms with Gasteiger partial charge in [-0.05, 0) is 35.9 Å². The van der Waals surface area contributed by atoms with Crippen molar-refractivity contribution < 1.29 is 13.2 Å². The molecule has 144 valence electrons. The molecule has 28 heavy (non-hydrogen) atoms. The molecule has 7 heteroatoms. The summed E-state index contributed by atoms with van der Waals surface area (Å²) in [5.41, 5.74) is 2.23. The molecule has 0 saturated heterocycles. The number of anilines is 1. The Morgan fingerprint density at radius 1 is 1.04 bits per heavy atom. The Morgan fingerprint density at radius 2 is 1.75 bits per heavy atom. The van der Waals surface area contributed by atoms with E-state index in [2.05, 4.69) is 21.2 Å². The third kappa shape index (κ3) is 3.41. The van der Waals surface area contributed by atoms with Crippen molar-refractivity contribution in [2.75, 3.05) is 12.4 Å². The summed E-state index contributed by atoms with van der Waals surface area (Å²) in [6.45, 7) is 0.241. The van der Waals surface area contributed by atoms with E-state index in [0.717, 1.165) is 15.6 Å². The van der Waals surface area contributed by atoms with E-state index >= 15 is 0 Å². The van der Waals surface area contributed by atoms with E-state index in [0.29, 0.717) is 11.4 Å². The largest absolute Gasteiger partial charge is 0.496 e. The first-order valence-electron chi connectivity index (χ1n) is 8.75. The van der Waals surface area contributed by atoms with E-state index in [9.17, 15) is 8.42 Å². The van der Waals surface area contributed by atoms with Crippen LogP contribution in [0.5, 0.6) is 5.75 Å². The summed E-state index contributed by atoms with van der Waals surface area (Å²) in [5, 5.41) is 3.39. The van der Waals surface area contributed by atoms with Crippen LogP contribution < -0.4 is 10.1 Å². The molecular weight excluding hydrogens is 440 g/mol. The van der Waals surface area contributed by atoms with Crippen molar-refractivity contribution >= 4 is 31.6 Å². The quantitative estimate of drug-likeness (QED) is 0.611. The highest BCUT2D eigenvalue weighted by molar-refractivity contribution is 9.10.